The molecule has 0 spiro atoms. The van der Waals surface area contributed by atoms with Crippen LogP contribution in [0.4, 0.5) is 5.69 Å². The summed E-state index contributed by atoms with van der Waals surface area (Å²) in [7, 11) is 0. The van der Waals surface area contributed by atoms with Crippen molar-refractivity contribution >= 4 is 17.3 Å². The van der Waals surface area contributed by atoms with E-state index in [1.54, 1.807) is 0 Å². The van der Waals surface area contributed by atoms with Crippen LogP contribution in [0.2, 0.25) is 5.02 Å². The van der Waals surface area contributed by atoms with Gasteiger partial charge < -0.3 is 15.6 Å². The van der Waals surface area contributed by atoms with Gasteiger partial charge in [0.25, 0.3) is 0 Å². The molecule has 0 radical (unpaired) electrons. The van der Waals surface area contributed by atoms with Gasteiger partial charge >= 0.3 is 0 Å². The summed E-state index contributed by atoms with van der Waals surface area (Å²) in [5.74, 6) is 0. The molecule has 1 aromatic rings. The van der Waals surface area contributed by atoms with E-state index in [1.165, 1.54) is 0 Å². The molecule has 1 aliphatic rings. The number of morpholine rings is 1. The van der Waals surface area contributed by atoms with E-state index in [2.05, 4.69) is 4.90 Å². The third-order valence-electron chi connectivity index (χ3n) is 2.96. The van der Waals surface area contributed by atoms with Crippen LogP contribution in [0.5, 0.6) is 0 Å². The molecule has 0 aromatic heterocycles. The molecule has 0 bridgehead atoms. The molecule has 1 aliphatic heterocycles. The Bertz CT molecular complexity index is 367. The first kappa shape index (κ1) is 12.6. The topological polar surface area (TPSA) is 58.7 Å². The first-order valence-electron chi connectivity index (χ1n) is 5.68. The lowest BCUT2D eigenvalue weighted by Crippen LogP contribution is -2.43. The predicted molar refractivity (Wildman–Crippen MR) is 68.0 cm³/mol. The van der Waals surface area contributed by atoms with Crippen molar-refractivity contribution in [2.75, 3.05) is 32.0 Å². The van der Waals surface area contributed by atoms with Crippen molar-refractivity contribution in [2.24, 2.45) is 0 Å². The maximum absolute atomic E-state index is 9.08. The number of rotatable bonds is 3. The average Bonchev–Trinajstić information content (AvgIpc) is 2.34. The molecule has 1 fully saturated rings. The van der Waals surface area contributed by atoms with E-state index in [0.29, 0.717) is 30.4 Å². The second kappa shape index (κ2) is 5.69. The van der Waals surface area contributed by atoms with Crippen LogP contribution >= 0.6 is 11.6 Å². The summed E-state index contributed by atoms with van der Waals surface area (Å²) in [6, 6.07) is 5.54. The Morgan fingerprint density at radius 2 is 2.35 bits per heavy atom. The smallest absolute Gasteiger partial charge is 0.0933 e. The highest BCUT2D eigenvalue weighted by Gasteiger charge is 2.20. The van der Waals surface area contributed by atoms with Gasteiger partial charge in [0.2, 0.25) is 0 Å². The SMILES string of the molecule is Nc1cccc(Cl)c1CN1CCOC(CO)C1. The van der Waals surface area contributed by atoms with E-state index in [-0.39, 0.29) is 12.7 Å². The van der Waals surface area contributed by atoms with Crippen molar-refractivity contribution in [3.05, 3.63) is 28.8 Å². The van der Waals surface area contributed by atoms with Gasteiger partial charge in [0.1, 0.15) is 0 Å². The van der Waals surface area contributed by atoms with Crippen LogP contribution in [-0.4, -0.2) is 42.4 Å². The molecule has 1 saturated heterocycles. The fourth-order valence-corrected chi connectivity index (χ4v) is 2.24. The maximum atomic E-state index is 9.08. The van der Waals surface area contributed by atoms with E-state index in [1.807, 2.05) is 18.2 Å². The molecule has 4 nitrogen and oxygen atoms in total. The number of nitrogen functional groups attached to an aromatic ring is 1. The van der Waals surface area contributed by atoms with Gasteiger partial charge in [-0.05, 0) is 12.1 Å². The Morgan fingerprint density at radius 1 is 1.53 bits per heavy atom. The minimum absolute atomic E-state index is 0.0501. The number of benzene rings is 1. The zero-order valence-corrected chi connectivity index (χ0v) is 10.4. The van der Waals surface area contributed by atoms with E-state index in [9.17, 15) is 0 Å². The summed E-state index contributed by atoms with van der Waals surface area (Å²) in [5.41, 5.74) is 7.58. The Hall–Kier alpha value is -0.810. The largest absolute Gasteiger partial charge is 0.398 e. The van der Waals surface area contributed by atoms with Gasteiger partial charge in [0, 0.05) is 35.9 Å². The van der Waals surface area contributed by atoms with Gasteiger partial charge in [0.05, 0.1) is 19.3 Å². The van der Waals surface area contributed by atoms with Crippen molar-refractivity contribution in [1.82, 2.24) is 4.90 Å². The molecule has 1 heterocycles. The summed E-state index contributed by atoms with van der Waals surface area (Å²) < 4.78 is 5.40. The van der Waals surface area contributed by atoms with Crippen LogP contribution in [0, 0.1) is 0 Å². The molecular formula is C12H17ClN2O2. The van der Waals surface area contributed by atoms with Crippen molar-refractivity contribution in [2.45, 2.75) is 12.6 Å². The van der Waals surface area contributed by atoms with E-state index >= 15 is 0 Å². The van der Waals surface area contributed by atoms with Gasteiger partial charge in [-0.15, -0.1) is 0 Å². The number of nitrogens with zero attached hydrogens (tertiary/aromatic N) is 1. The zero-order valence-electron chi connectivity index (χ0n) is 9.60. The minimum Gasteiger partial charge on any atom is -0.398 e. The van der Waals surface area contributed by atoms with Crippen LogP contribution in [0.15, 0.2) is 18.2 Å². The highest BCUT2D eigenvalue weighted by molar-refractivity contribution is 6.31. The predicted octanol–water partition coefficient (Wildman–Crippen LogP) is 1.12. The second-order valence-corrected chi connectivity index (χ2v) is 4.63. The molecule has 94 valence electrons. The van der Waals surface area contributed by atoms with E-state index in [0.717, 1.165) is 12.1 Å². The molecule has 1 unspecified atom stereocenters. The Morgan fingerprint density at radius 3 is 3.06 bits per heavy atom. The standard InChI is InChI=1S/C12H17ClN2O2/c13-11-2-1-3-12(14)10(11)7-15-4-5-17-9(6-15)8-16/h1-3,9,16H,4-8,14H2. The Kier molecular flexibility index (Phi) is 4.23. The number of anilines is 1. The normalized spacial score (nSPS) is 21.6. The van der Waals surface area contributed by atoms with Gasteiger partial charge in [-0.2, -0.15) is 0 Å². The fourth-order valence-electron chi connectivity index (χ4n) is 2.00. The minimum atomic E-state index is -0.104. The second-order valence-electron chi connectivity index (χ2n) is 4.22. The third kappa shape index (κ3) is 3.10. The average molecular weight is 257 g/mol. The van der Waals surface area contributed by atoms with Gasteiger partial charge in [-0.25, -0.2) is 0 Å². The van der Waals surface area contributed by atoms with Crippen LogP contribution in [-0.2, 0) is 11.3 Å². The van der Waals surface area contributed by atoms with Crippen LogP contribution in [0.3, 0.4) is 0 Å². The first-order chi connectivity index (χ1) is 8.20. The third-order valence-corrected chi connectivity index (χ3v) is 3.32. The first-order valence-corrected chi connectivity index (χ1v) is 6.06. The summed E-state index contributed by atoms with van der Waals surface area (Å²) in [6.45, 7) is 2.93. The molecule has 17 heavy (non-hydrogen) atoms. The number of hydrogen-bond acceptors (Lipinski definition) is 4. The highest BCUT2D eigenvalue weighted by atomic mass is 35.5. The maximum Gasteiger partial charge on any atom is 0.0933 e. The Balaban J connectivity index is 2.05. The molecule has 3 N–H and O–H groups in total. The van der Waals surface area contributed by atoms with Gasteiger partial charge in [-0.1, -0.05) is 17.7 Å². The molecule has 0 amide bonds. The monoisotopic (exact) mass is 256 g/mol. The van der Waals surface area contributed by atoms with E-state index < -0.39 is 0 Å². The van der Waals surface area contributed by atoms with E-state index in [4.69, 9.17) is 27.2 Å². The van der Waals surface area contributed by atoms with Crippen molar-refractivity contribution in [3.8, 4) is 0 Å². The molecular weight excluding hydrogens is 240 g/mol. The number of ether oxygens (including phenoxy) is 1. The van der Waals surface area contributed by atoms with Crippen LogP contribution < -0.4 is 5.73 Å². The number of aliphatic hydroxyl groups is 1. The summed E-state index contributed by atoms with van der Waals surface area (Å²) in [6.07, 6.45) is -0.104. The molecule has 1 atom stereocenters. The highest BCUT2D eigenvalue weighted by Crippen LogP contribution is 2.24. The number of hydrogen-bond donors (Lipinski definition) is 2. The lowest BCUT2D eigenvalue weighted by molar-refractivity contribution is -0.0550. The summed E-state index contributed by atoms with van der Waals surface area (Å²) in [5, 5.41) is 9.77. The van der Waals surface area contributed by atoms with Gasteiger partial charge in [0.15, 0.2) is 0 Å². The van der Waals surface area contributed by atoms with Crippen molar-refractivity contribution in [3.63, 3.8) is 0 Å². The lowest BCUT2D eigenvalue weighted by Gasteiger charge is -2.32. The molecule has 0 saturated carbocycles. The summed E-state index contributed by atoms with van der Waals surface area (Å²) >= 11 is 6.13. The lowest BCUT2D eigenvalue weighted by atomic mass is 10.1. The molecule has 5 heteroatoms. The number of nitrogens with two attached hydrogens (primary N) is 1. The van der Waals surface area contributed by atoms with Crippen molar-refractivity contribution in [1.29, 1.82) is 0 Å². The van der Waals surface area contributed by atoms with Crippen molar-refractivity contribution < 1.29 is 9.84 Å². The molecule has 1 aromatic carbocycles. The molecule has 0 aliphatic carbocycles. The summed E-state index contributed by atoms with van der Waals surface area (Å²) in [4.78, 5) is 2.20. The number of aliphatic hydroxyl groups excluding tert-OH is 1. The number of halogens is 1. The van der Waals surface area contributed by atoms with Gasteiger partial charge in [-0.3, -0.25) is 4.90 Å². The Labute approximate surface area is 106 Å². The van der Waals surface area contributed by atoms with Crippen LogP contribution in [0.1, 0.15) is 5.56 Å². The molecule has 2 rings (SSSR count). The fraction of sp³-hybridized carbons (Fsp3) is 0.500. The van der Waals surface area contributed by atoms with Crippen LogP contribution in [0.25, 0.3) is 0 Å². The quantitative estimate of drug-likeness (QED) is 0.796. The zero-order chi connectivity index (χ0) is 12.3.